The van der Waals surface area contributed by atoms with E-state index in [1.165, 1.54) is 0 Å². The Hall–Kier alpha value is -2.44. The number of benzene rings is 2. The van der Waals surface area contributed by atoms with Crippen molar-refractivity contribution in [1.29, 1.82) is 0 Å². The van der Waals surface area contributed by atoms with Crippen molar-refractivity contribution < 1.29 is 14.2 Å². The smallest absolute Gasteiger partial charge is 0.169 e. The van der Waals surface area contributed by atoms with Gasteiger partial charge >= 0.3 is 0 Å². The van der Waals surface area contributed by atoms with Crippen LogP contribution < -0.4 is 26.3 Å². The normalized spacial score (nSPS) is 18.5. The molecule has 1 saturated heterocycles. The molecule has 1 fully saturated rings. The summed E-state index contributed by atoms with van der Waals surface area (Å²) in [4.78, 5) is 0. The topological polar surface area (TPSA) is 91.8 Å². The fourth-order valence-corrected chi connectivity index (χ4v) is 2.78. The SMILES string of the molecule is CC(CC1CNCCO1)Oc1ccccc1Oc1ccc(N)c(N)c1. The van der Waals surface area contributed by atoms with Gasteiger partial charge < -0.3 is 31.0 Å². The van der Waals surface area contributed by atoms with Crippen molar-refractivity contribution in [3.8, 4) is 17.2 Å². The van der Waals surface area contributed by atoms with Crippen LogP contribution >= 0.6 is 0 Å². The molecule has 1 heterocycles. The summed E-state index contributed by atoms with van der Waals surface area (Å²) in [5, 5.41) is 3.33. The summed E-state index contributed by atoms with van der Waals surface area (Å²) in [6.07, 6.45) is 0.996. The Morgan fingerprint density at radius 1 is 1.16 bits per heavy atom. The zero-order chi connectivity index (χ0) is 17.6. The quantitative estimate of drug-likeness (QED) is 0.699. The summed E-state index contributed by atoms with van der Waals surface area (Å²) in [5.41, 5.74) is 12.6. The van der Waals surface area contributed by atoms with E-state index in [0.717, 1.165) is 26.1 Å². The van der Waals surface area contributed by atoms with Gasteiger partial charge in [0.25, 0.3) is 0 Å². The molecule has 1 aliphatic heterocycles. The average Bonchev–Trinajstić information content (AvgIpc) is 2.61. The molecule has 1 aliphatic rings. The molecule has 2 unspecified atom stereocenters. The molecule has 5 N–H and O–H groups in total. The van der Waals surface area contributed by atoms with Crippen LogP contribution in [0, 0.1) is 0 Å². The average molecular weight is 343 g/mol. The highest BCUT2D eigenvalue weighted by atomic mass is 16.5. The summed E-state index contributed by atoms with van der Waals surface area (Å²) in [7, 11) is 0. The predicted octanol–water partition coefficient (Wildman–Crippen LogP) is 2.79. The Bertz CT molecular complexity index is 702. The van der Waals surface area contributed by atoms with Gasteiger partial charge in [-0.3, -0.25) is 0 Å². The molecule has 0 saturated carbocycles. The number of hydrogen-bond acceptors (Lipinski definition) is 6. The van der Waals surface area contributed by atoms with Crippen LogP contribution in [-0.2, 0) is 4.74 Å². The van der Waals surface area contributed by atoms with Crippen LogP contribution in [0.15, 0.2) is 42.5 Å². The molecule has 0 radical (unpaired) electrons. The number of anilines is 2. The third-order valence-electron chi connectivity index (χ3n) is 4.06. The highest BCUT2D eigenvalue weighted by Gasteiger charge is 2.19. The molecule has 0 amide bonds. The molecule has 6 nitrogen and oxygen atoms in total. The standard InChI is InChI=1S/C19H25N3O3/c1-13(10-15-12-22-8-9-23-15)24-18-4-2-3-5-19(18)25-14-6-7-16(20)17(21)11-14/h2-7,11,13,15,22H,8-10,12,20-21H2,1H3. The number of rotatable bonds is 6. The predicted molar refractivity (Wildman–Crippen MR) is 99.1 cm³/mol. The Morgan fingerprint density at radius 3 is 2.68 bits per heavy atom. The number of ether oxygens (including phenoxy) is 3. The second-order valence-corrected chi connectivity index (χ2v) is 6.20. The maximum Gasteiger partial charge on any atom is 0.169 e. The molecule has 134 valence electrons. The van der Waals surface area contributed by atoms with Crippen LogP contribution in [0.3, 0.4) is 0 Å². The van der Waals surface area contributed by atoms with Crippen LogP contribution in [0.2, 0.25) is 0 Å². The summed E-state index contributed by atoms with van der Waals surface area (Å²) >= 11 is 0. The first-order valence-corrected chi connectivity index (χ1v) is 8.52. The Labute approximate surface area is 148 Å². The minimum Gasteiger partial charge on any atom is -0.487 e. The van der Waals surface area contributed by atoms with Crippen LogP contribution in [0.4, 0.5) is 11.4 Å². The fraction of sp³-hybridized carbons (Fsp3) is 0.368. The molecule has 0 spiro atoms. The van der Waals surface area contributed by atoms with Crippen molar-refractivity contribution >= 4 is 11.4 Å². The third kappa shape index (κ3) is 4.78. The first kappa shape index (κ1) is 17.4. The number of nitrogen functional groups attached to an aromatic ring is 2. The minimum atomic E-state index is 0.00568. The van der Waals surface area contributed by atoms with Crippen molar-refractivity contribution in [3.63, 3.8) is 0 Å². The Kier molecular flexibility index (Phi) is 5.63. The number of para-hydroxylation sites is 2. The van der Waals surface area contributed by atoms with Crippen molar-refractivity contribution in [1.82, 2.24) is 5.32 Å². The number of hydrogen-bond donors (Lipinski definition) is 3. The molecular formula is C19H25N3O3. The van der Waals surface area contributed by atoms with Gasteiger partial charge in [0.2, 0.25) is 0 Å². The Balaban J connectivity index is 1.66. The lowest BCUT2D eigenvalue weighted by Gasteiger charge is -2.26. The molecule has 0 aromatic heterocycles. The number of nitrogens with two attached hydrogens (primary N) is 2. The van der Waals surface area contributed by atoms with Gasteiger partial charge in [0.15, 0.2) is 11.5 Å². The van der Waals surface area contributed by atoms with E-state index in [0.29, 0.717) is 28.6 Å². The van der Waals surface area contributed by atoms with E-state index < -0.39 is 0 Å². The number of nitrogens with one attached hydrogen (secondary N) is 1. The van der Waals surface area contributed by atoms with Crippen LogP contribution in [0.25, 0.3) is 0 Å². The van der Waals surface area contributed by atoms with Gasteiger partial charge in [0.1, 0.15) is 5.75 Å². The van der Waals surface area contributed by atoms with E-state index in [1.807, 2.05) is 31.2 Å². The largest absolute Gasteiger partial charge is 0.487 e. The summed E-state index contributed by atoms with van der Waals surface area (Å²) in [5.74, 6) is 1.95. The molecule has 2 aromatic rings. The lowest BCUT2D eigenvalue weighted by atomic mass is 10.1. The molecule has 2 atom stereocenters. The third-order valence-corrected chi connectivity index (χ3v) is 4.06. The van der Waals surface area contributed by atoms with Gasteiger partial charge in [-0.2, -0.15) is 0 Å². The Morgan fingerprint density at radius 2 is 1.96 bits per heavy atom. The summed E-state index contributed by atoms with van der Waals surface area (Å²) in [6, 6.07) is 12.8. The minimum absolute atomic E-state index is 0.00568. The van der Waals surface area contributed by atoms with Crippen LogP contribution in [0.1, 0.15) is 13.3 Å². The van der Waals surface area contributed by atoms with Gasteiger partial charge in [-0.05, 0) is 31.2 Å². The van der Waals surface area contributed by atoms with Gasteiger partial charge in [-0.1, -0.05) is 12.1 Å². The van der Waals surface area contributed by atoms with E-state index in [1.54, 1.807) is 18.2 Å². The van der Waals surface area contributed by atoms with E-state index >= 15 is 0 Å². The molecule has 3 rings (SSSR count). The van der Waals surface area contributed by atoms with Crippen molar-refractivity contribution in [2.45, 2.75) is 25.6 Å². The highest BCUT2D eigenvalue weighted by molar-refractivity contribution is 5.65. The molecule has 0 bridgehead atoms. The van der Waals surface area contributed by atoms with Crippen molar-refractivity contribution in [2.24, 2.45) is 0 Å². The molecule has 0 aliphatic carbocycles. The second kappa shape index (κ2) is 8.09. The maximum absolute atomic E-state index is 6.09. The second-order valence-electron chi connectivity index (χ2n) is 6.20. The summed E-state index contributed by atoms with van der Waals surface area (Å²) < 4.78 is 17.8. The van der Waals surface area contributed by atoms with Gasteiger partial charge in [0.05, 0.1) is 30.2 Å². The highest BCUT2D eigenvalue weighted by Crippen LogP contribution is 2.34. The molecule has 6 heteroatoms. The van der Waals surface area contributed by atoms with Crippen molar-refractivity contribution in [2.75, 3.05) is 31.2 Å². The fourth-order valence-electron chi connectivity index (χ4n) is 2.78. The van der Waals surface area contributed by atoms with E-state index in [2.05, 4.69) is 5.32 Å². The zero-order valence-corrected chi connectivity index (χ0v) is 14.4. The van der Waals surface area contributed by atoms with Gasteiger partial charge in [0, 0.05) is 25.6 Å². The van der Waals surface area contributed by atoms with E-state index in [-0.39, 0.29) is 12.2 Å². The zero-order valence-electron chi connectivity index (χ0n) is 14.4. The summed E-state index contributed by atoms with van der Waals surface area (Å²) in [6.45, 7) is 4.55. The first-order chi connectivity index (χ1) is 12.1. The lowest BCUT2D eigenvalue weighted by molar-refractivity contribution is 0.00308. The van der Waals surface area contributed by atoms with E-state index in [9.17, 15) is 0 Å². The van der Waals surface area contributed by atoms with Crippen LogP contribution in [-0.4, -0.2) is 31.9 Å². The van der Waals surface area contributed by atoms with Gasteiger partial charge in [-0.25, -0.2) is 0 Å². The lowest BCUT2D eigenvalue weighted by Crippen LogP contribution is -2.40. The molecule has 25 heavy (non-hydrogen) atoms. The van der Waals surface area contributed by atoms with Gasteiger partial charge in [-0.15, -0.1) is 0 Å². The molecular weight excluding hydrogens is 318 g/mol. The first-order valence-electron chi connectivity index (χ1n) is 8.52. The molecule has 2 aromatic carbocycles. The van der Waals surface area contributed by atoms with E-state index in [4.69, 9.17) is 25.7 Å². The number of morpholine rings is 1. The van der Waals surface area contributed by atoms with Crippen LogP contribution in [0.5, 0.6) is 17.2 Å². The monoisotopic (exact) mass is 343 g/mol. The van der Waals surface area contributed by atoms with Crippen molar-refractivity contribution in [3.05, 3.63) is 42.5 Å². The maximum atomic E-state index is 6.09.